The molecule has 3 heteroatoms. The van der Waals surface area contributed by atoms with Crippen LogP contribution in [0.4, 0.5) is 0 Å². The lowest BCUT2D eigenvalue weighted by Gasteiger charge is -2.07. The second kappa shape index (κ2) is 2.93. The number of aromatic nitrogens is 1. The molecule has 0 radical (unpaired) electrons. The summed E-state index contributed by atoms with van der Waals surface area (Å²) < 4.78 is 0. The van der Waals surface area contributed by atoms with Crippen molar-refractivity contribution in [1.82, 2.24) is 10.4 Å². The minimum absolute atomic E-state index is 0.353. The summed E-state index contributed by atoms with van der Waals surface area (Å²) in [5, 5.41) is 3.97. The lowest BCUT2D eigenvalue weighted by Crippen LogP contribution is -2.11. The molecule has 0 spiro atoms. The van der Waals surface area contributed by atoms with Crippen LogP contribution in [0.25, 0.3) is 0 Å². The maximum Gasteiger partial charge on any atom is 0.0576 e. The van der Waals surface area contributed by atoms with Gasteiger partial charge in [-0.3, -0.25) is 4.98 Å². The standard InChI is InChI=1S/C9H11N3/c1-7-3-2-4-10-9(7)8-5-11-12-6-8/h2-5,8,12H,6H2,1H3. The fourth-order valence-corrected chi connectivity index (χ4v) is 1.40. The number of nitrogens with zero attached hydrogens (tertiary/aromatic N) is 2. The molecule has 1 aliphatic rings. The Hall–Kier alpha value is -1.38. The Balaban J connectivity index is 2.33. The van der Waals surface area contributed by atoms with Crippen molar-refractivity contribution in [3.05, 3.63) is 29.6 Å². The summed E-state index contributed by atoms with van der Waals surface area (Å²) in [6.07, 6.45) is 3.74. The molecule has 1 aromatic rings. The van der Waals surface area contributed by atoms with Gasteiger partial charge in [0.25, 0.3) is 0 Å². The number of hydrazone groups is 1. The molecule has 1 aromatic heterocycles. The van der Waals surface area contributed by atoms with Crippen molar-refractivity contribution in [2.24, 2.45) is 5.10 Å². The van der Waals surface area contributed by atoms with Gasteiger partial charge in [-0.2, -0.15) is 5.10 Å². The summed E-state index contributed by atoms with van der Waals surface area (Å²) in [7, 11) is 0. The van der Waals surface area contributed by atoms with Crippen LogP contribution in [0.1, 0.15) is 17.2 Å². The van der Waals surface area contributed by atoms with Crippen LogP contribution in [0.2, 0.25) is 0 Å². The van der Waals surface area contributed by atoms with Gasteiger partial charge in [0, 0.05) is 19.0 Å². The zero-order valence-electron chi connectivity index (χ0n) is 6.99. The molecule has 62 valence electrons. The van der Waals surface area contributed by atoms with Gasteiger partial charge in [-0.1, -0.05) is 6.07 Å². The fraction of sp³-hybridized carbons (Fsp3) is 0.333. The van der Waals surface area contributed by atoms with Crippen LogP contribution in [0.5, 0.6) is 0 Å². The lowest BCUT2D eigenvalue weighted by atomic mass is 10.0. The molecule has 1 aliphatic heterocycles. The monoisotopic (exact) mass is 161 g/mol. The Morgan fingerprint density at radius 1 is 1.58 bits per heavy atom. The summed E-state index contributed by atoms with van der Waals surface area (Å²) in [4.78, 5) is 4.33. The molecule has 0 fully saturated rings. The number of hydrogen-bond donors (Lipinski definition) is 1. The van der Waals surface area contributed by atoms with Crippen LogP contribution in [0.3, 0.4) is 0 Å². The van der Waals surface area contributed by atoms with Crippen LogP contribution < -0.4 is 5.43 Å². The molecular formula is C9H11N3. The molecule has 0 saturated heterocycles. The normalized spacial score (nSPS) is 20.9. The number of aryl methyl sites for hydroxylation is 1. The third-order valence-electron chi connectivity index (χ3n) is 2.06. The highest BCUT2D eigenvalue weighted by Gasteiger charge is 2.15. The van der Waals surface area contributed by atoms with Gasteiger partial charge in [0.15, 0.2) is 0 Å². The smallest absolute Gasteiger partial charge is 0.0576 e. The fourth-order valence-electron chi connectivity index (χ4n) is 1.40. The average Bonchev–Trinajstić information content (AvgIpc) is 2.57. The van der Waals surface area contributed by atoms with Gasteiger partial charge in [0.1, 0.15) is 0 Å². The highest BCUT2D eigenvalue weighted by atomic mass is 15.3. The van der Waals surface area contributed by atoms with Crippen molar-refractivity contribution in [3.63, 3.8) is 0 Å². The molecule has 12 heavy (non-hydrogen) atoms. The van der Waals surface area contributed by atoms with Crippen molar-refractivity contribution in [1.29, 1.82) is 0 Å². The maximum atomic E-state index is 4.33. The van der Waals surface area contributed by atoms with E-state index in [-0.39, 0.29) is 0 Å². The Bertz CT molecular complexity index is 306. The Morgan fingerprint density at radius 2 is 2.50 bits per heavy atom. The largest absolute Gasteiger partial charge is 0.309 e. The first-order valence-corrected chi connectivity index (χ1v) is 4.05. The SMILES string of the molecule is Cc1cccnc1C1C=NNC1. The summed E-state index contributed by atoms with van der Waals surface area (Å²) in [5.74, 6) is 0.353. The minimum atomic E-state index is 0.353. The molecule has 0 bridgehead atoms. The summed E-state index contributed by atoms with van der Waals surface area (Å²) in [6, 6.07) is 4.03. The number of pyridine rings is 1. The molecule has 3 nitrogen and oxygen atoms in total. The van der Waals surface area contributed by atoms with Crippen LogP contribution in [-0.2, 0) is 0 Å². The van der Waals surface area contributed by atoms with Gasteiger partial charge in [0.05, 0.1) is 11.6 Å². The predicted molar refractivity (Wildman–Crippen MR) is 48.2 cm³/mol. The Labute approximate surface area is 71.5 Å². The summed E-state index contributed by atoms with van der Waals surface area (Å²) in [6.45, 7) is 2.95. The van der Waals surface area contributed by atoms with Gasteiger partial charge < -0.3 is 5.43 Å². The second-order valence-electron chi connectivity index (χ2n) is 2.95. The molecule has 0 aromatic carbocycles. The molecule has 0 saturated carbocycles. The van der Waals surface area contributed by atoms with E-state index in [1.165, 1.54) is 5.56 Å². The zero-order chi connectivity index (χ0) is 8.39. The molecule has 0 aliphatic carbocycles. The van der Waals surface area contributed by atoms with E-state index in [0.717, 1.165) is 12.2 Å². The lowest BCUT2D eigenvalue weighted by molar-refractivity contribution is 0.748. The zero-order valence-corrected chi connectivity index (χ0v) is 6.99. The third kappa shape index (κ3) is 1.18. The van der Waals surface area contributed by atoms with Crippen LogP contribution >= 0.6 is 0 Å². The van der Waals surface area contributed by atoms with Gasteiger partial charge in [-0.15, -0.1) is 0 Å². The average molecular weight is 161 g/mol. The summed E-state index contributed by atoms with van der Waals surface area (Å²) >= 11 is 0. The van der Waals surface area contributed by atoms with Crippen molar-refractivity contribution >= 4 is 6.21 Å². The molecule has 2 rings (SSSR count). The van der Waals surface area contributed by atoms with E-state index in [9.17, 15) is 0 Å². The number of rotatable bonds is 1. The third-order valence-corrected chi connectivity index (χ3v) is 2.06. The van der Waals surface area contributed by atoms with E-state index < -0.39 is 0 Å². The van der Waals surface area contributed by atoms with Crippen molar-refractivity contribution < 1.29 is 0 Å². The van der Waals surface area contributed by atoms with Gasteiger partial charge in [-0.25, -0.2) is 0 Å². The first-order valence-electron chi connectivity index (χ1n) is 4.05. The molecule has 1 N–H and O–H groups in total. The van der Waals surface area contributed by atoms with E-state index in [1.54, 1.807) is 0 Å². The summed E-state index contributed by atoms with van der Waals surface area (Å²) in [5.41, 5.74) is 5.29. The molecule has 1 atom stereocenters. The van der Waals surface area contributed by atoms with E-state index >= 15 is 0 Å². The van der Waals surface area contributed by atoms with Crippen LogP contribution in [-0.4, -0.2) is 17.7 Å². The van der Waals surface area contributed by atoms with Gasteiger partial charge >= 0.3 is 0 Å². The van der Waals surface area contributed by atoms with Crippen molar-refractivity contribution in [2.45, 2.75) is 12.8 Å². The quantitative estimate of drug-likeness (QED) is 0.668. The van der Waals surface area contributed by atoms with Crippen LogP contribution in [0, 0.1) is 6.92 Å². The molecule has 1 unspecified atom stereocenters. The minimum Gasteiger partial charge on any atom is -0.309 e. The van der Waals surface area contributed by atoms with Gasteiger partial charge in [0.2, 0.25) is 0 Å². The number of nitrogens with one attached hydrogen (secondary N) is 1. The maximum absolute atomic E-state index is 4.33. The number of hydrogen-bond acceptors (Lipinski definition) is 3. The van der Waals surface area contributed by atoms with Crippen molar-refractivity contribution in [3.8, 4) is 0 Å². The van der Waals surface area contributed by atoms with E-state index in [2.05, 4.69) is 28.5 Å². The first kappa shape index (κ1) is 7.28. The van der Waals surface area contributed by atoms with E-state index in [4.69, 9.17) is 0 Å². The first-order chi connectivity index (χ1) is 5.88. The highest BCUT2D eigenvalue weighted by Crippen LogP contribution is 2.16. The van der Waals surface area contributed by atoms with E-state index in [1.807, 2.05) is 18.5 Å². The second-order valence-corrected chi connectivity index (χ2v) is 2.95. The predicted octanol–water partition coefficient (Wildman–Crippen LogP) is 1.06. The highest BCUT2D eigenvalue weighted by molar-refractivity contribution is 5.69. The molecular weight excluding hydrogens is 150 g/mol. The Kier molecular flexibility index (Phi) is 1.78. The van der Waals surface area contributed by atoms with E-state index in [0.29, 0.717) is 5.92 Å². The molecule has 2 heterocycles. The Morgan fingerprint density at radius 3 is 3.17 bits per heavy atom. The van der Waals surface area contributed by atoms with Crippen LogP contribution in [0.15, 0.2) is 23.4 Å². The topological polar surface area (TPSA) is 37.3 Å². The van der Waals surface area contributed by atoms with Crippen molar-refractivity contribution in [2.75, 3.05) is 6.54 Å². The molecule has 0 amide bonds. The van der Waals surface area contributed by atoms with Gasteiger partial charge in [-0.05, 0) is 18.6 Å².